The molecule has 0 spiro atoms. The number of rotatable bonds is 6. The van der Waals surface area contributed by atoms with Crippen LogP contribution in [0.25, 0.3) is 0 Å². The van der Waals surface area contributed by atoms with Gasteiger partial charge in [-0.25, -0.2) is 0 Å². The molecule has 3 amide bonds. The number of hydrogen-bond donors (Lipinski definition) is 3. The Hall–Kier alpha value is -1.93. The monoisotopic (exact) mass is 410 g/mol. The highest BCUT2D eigenvalue weighted by Crippen LogP contribution is 2.20. The predicted octanol–water partition coefficient (Wildman–Crippen LogP) is 1.15. The lowest BCUT2D eigenvalue weighted by atomic mass is 10.0. The molecule has 0 aliphatic carbocycles. The Morgan fingerprint density at radius 2 is 2.04 bits per heavy atom. The van der Waals surface area contributed by atoms with Crippen molar-refractivity contribution in [2.24, 2.45) is 5.73 Å². The van der Waals surface area contributed by atoms with Gasteiger partial charge in [-0.05, 0) is 50.1 Å². The molecule has 136 valence electrons. The molecule has 2 rings (SSSR count). The van der Waals surface area contributed by atoms with Crippen LogP contribution in [0.15, 0.2) is 22.7 Å². The minimum atomic E-state index is -0.407. The van der Waals surface area contributed by atoms with Gasteiger partial charge in [-0.2, -0.15) is 0 Å². The van der Waals surface area contributed by atoms with Gasteiger partial charge < -0.3 is 16.4 Å². The van der Waals surface area contributed by atoms with Crippen LogP contribution in [-0.4, -0.2) is 48.3 Å². The van der Waals surface area contributed by atoms with E-state index < -0.39 is 11.9 Å². The molecule has 0 unspecified atom stereocenters. The Bertz CT molecular complexity index is 665. The van der Waals surface area contributed by atoms with E-state index in [9.17, 15) is 14.4 Å². The second-order valence-corrected chi connectivity index (χ2v) is 7.08. The lowest BCUT2D eigenvalue weighted by Crippen LogP contribution is -2.51. The third-order valence-corrected chi connectivity index (χ3v) is 4.69. The summed E-state index contributed by atoms with van der Waals surface area (Å²) in [5.74, 6) is -1.00. The largest absolute Gasteiger partial charge is 0.368 e. The number of nitrogens with two attached hydrogens (primary N) is 1. The Morgan fingerprint density at radius 3 is 2.72 bits per heavy atom. The van der Waals surface area contributed by atoms with Gasteiger partial charge in [0.1, 0.15) is 0 Å². The number of benzene rings is 1. The van der Waals surface area contributed by atoms with Gasteiger partial charge in [-0.1, -0.05) is 22.4 Å². The number of piperidine rings is 1. The first-order valence-corrected chi connectivity index (χ1v) is 9.02. The maximum absolute atomic E-state index is 12.1. The minimum absolute atomic E-state index is 0.0677. The molecule has 7 nitrogen and oxygen atoms in total. The third-order valence-electron chi connectivity index (χ3n) is 4.20. The number of carbonyl (C=O) groups is 3. The molecule has 1 saturated heterocycles. The number of aryl methyl sites for hydroxylation is 1. The summed E-state index contributed by atoms with van der Waals surface area (Å²) in [6.07, 6.45) is 2.53. The molecule has 1 aromatic carbocycles. The van der Waals surface area contributed by atoms with Crippen molar-refractivity contribution in [1.29, 1.82) is 0 Å². The van der Waals surface area contributed by atoms with Gasteiger partial charge in [0.15, 0.2) is 0 Å². The minimum Gasteiger partial charge on any atom is -0.368 e. The first-order valence-electron chi connectivity index (χ1n) is 8.23. The number of likely N-dealkylation sites (tertiary alicyclic amines) is 1. The third kappa shape index (κ3) is 5.82. The molecule has 1 aliphatic rings. The zero-order chi connectivity index (χ0) is 18.4. The van der Waals surface area contributed by atoms with Crippen molar-refractivity contribution in [3.8, 4) is 0 Å². The van der Waals surface area contributed by atoms with Gasteiger partial charge in [0.05, 0.1) is 19.1 Å². The van der Waals surface area contributed by atoms with Crippen molar-refractivity contribution in [1.82, 2.24) is 10.2 Å². The molecule has 1 atom stereocenters. The van der Waals surface area contributed by atoms with Crippen molar-refractivity contribution >= 4 is 39.3 Å². The summed E-state index contributed by atoms with van der Waals surface area (Å²) in [5.41, 5.74) is 7.01. The van der Waals surface area contributed by atoms with E-state index in [1.54, 1.807) is 11.0 Å². The van der Waals surface area contributed by atoms with E-state index in [0.717, 1.165) is 22.9 Å². The van der Waals surface area contributed by atoms with E-state index in [4.69, 9.17) is 5.73 Å². The average molecular weight is 411 g/mol. The Morgan fingerprint density at radius 1 is 1.28 bits per heavy atom. The zero-order valence-electron chi connectivity index (χ0n) is 14.2. The van der Waals surface area contributed by atoms with Crippen LogP contribution in [0.1, 0.15) is 24.8 Å². The number of nitrogens with one attached hydrogen (secondary N) is 2. The standard InChI is InChI=1S/C17H23BrN4O3/c1-11-8-12(18)5-6-13(11)21-15(23)9-20-16(24)10-22-7-3-2-4-14(22)17(19)25/h5-6,8,14H,2-4,7,9-10H2,1H3,(H2,19,25)(H,20,24)(H,21,23)/t14-/m0/s1. The first-order chi connectivity index (χ1) is 11.9. The molecule has 0 saturated carbocycles. The molecular weight excluding hydrogens is 388 g/mol. The molecule has 0 bridgehead atoms. The summed E-state index contributed by atoms with van der Waals surface area (Å²) in [4.78, 5) is 37.3. The van der Waals surface area contributed by atoms with E-state index in [0.29, 0.717) is 18.7 Å². The van der Waals surface area contributed by atoms with Crippen LogP contribution in [0.4, 0.5) is 5.69 Å². The van der Waals surface area contributed by atoms with Crippen LogP contribution in [0.2, 0.25) is 0 Å². The number of anilines is 1. The van der Waals surface area contributed by atoms with Crippen LogP contribution in [0.5, 0.6) is 0 Å². The van der Waals surface area contributed by atoms with Crippen molar-refractivity contribution in [3.05, 3.63) is 28.2 Å². The fraction of sp³-hybridized carbons (Fsp3) is 0.471. The number of carbonyl (C=O) groups excluding carboxylic acids is 3. The van der Waals surface area contributed by atoms with Crippen molar-refractivity contribution < 1.29 is 14.4 Å². The molecule has 0 aromatic heterocycles. The number of amides is 3. The normalized spacial score (nSPS) is 17.8. The van der Waals surface area contributed by atoms with Gasteiger partial charge in [0.2, 0.25) is 17.7 Å². The highest BCUT2D eigenvalue weighted by Gasteiger charge is 2.28. The van der Waals surface area contributed by atoms with Crippen molar-refractivity contribution in [2.75, 3.05) is 25.0 Å². The van der Waals surface area contributed by atoms with Crippen LogP contribution < -0.4 is 16.4 Å². The Balaban J connectivity index is 1.80. The number of nitrogens with zero attached hydrogens (tertiary/aromatic N) is 1. The van der Waals surface area contributed by atoms with E-state index in [-0.39, 0.29) is 24.9 Å². The number of halogens is 1. The predicted molar refractivity (Wildman–Crippen MR) is 98.9 cm³/mol. The number of primary amides is 1. The van der Waals surface area contributed by atoms with Crippen LogP contribution in [-0.2, 0) is 14.4 Å². The molecule has 4 N–H and O–H groups in total. The smallest absolute Gasteiger partial charge is 0.243 e. The van der Waals surface area contributed by atoms with Crippen molar-refractivity contribution in [2.45, 2.75) is 32.2 Å². The van der Waals surface area contributed by atoms with Gasteiger partial charge in [0.25, 0.3) is 0 Å². The van der Waals surface area contributed by atoms with Gasteiger partial charge >= 0.3 is 0 Å². The lowest BCUT2D eigenvalue weighted by Gasteiger charge is -2.32. The maximum atomic E-state index is 12.1. The molecule has 1 aromatic rings. The Kier molecular flexibility index (Phi) is 6.95. The molecule has 1 heterocycles. The summed E-state index contributed by atoms with van der Waals surface area (Å²) in [6.45, 7) is 2.49. The quantitative estimate of drug-likeness (QED) is 0.653. The zero-order valence-corrected chi connectivity index (χ0v) is 15.8. The van der Waals surface area contributed by atoms with E-state index in [2.05, 4.69) is 26.6 Å². The van der Waals surface area contributed by atoms with Gasteiger partial charge in [-0.3, -0.25) is 19.3 Å². The van der Waals surface area contributed by atoms with Gasteiger partial charge in [0, 0.05) is 10.2 Å². The second-order valence-electron chi connectivity index (χ2n) is 6.17. The SMILES string of the molecule is Cc1cc(Br)ccc1NC(=O)CNC(=O)CN1CCCC[C@H]1C(N)=O. The van der Waals surface area contributed by atoms with E-state index in [1.165, 1.54) is 0 Å². The fourth-order valence-corrected chi connectivity index (χ4v) is 3.36. The highest BCUT2D eigenvalue weighted by atomic mass is 79.9. The average Bonchev–Trinajstić information content (AvgIpc) is 2.56. The number of hydrogen-bond acceptors (Lipinski definition) is 4. The van der Waals surface area contributed by atoms with Crippen molar-refractivity contribution in [3.63, 3.8) is 0 Å². The lowest BCUT2D eigenvalue weighted by molar-refractivity contribution is -0.129. The fourth-order valence-electron chi connectivity index (χ4n) is 2.88. The summed E-state index contributed by atoms with van der Waals surface area (Å²) >= 11 is 3.37. The van der Waals surface area contributed by atoms with Crippen LogP contribution in [0, 0.1) is 6.92 Å². The molecule has 1 aliphatic heterocycles. The second kappa shape index (κ2) is 8.96. The van der Waals surface area contributed by atoms with Crippen LogP contribution >= 0.6 is 15.9 Å². The van der Waals surface area contributed by atoms with E-state index >= 15 is 0 Å². The topological polar surface area (TPSA) is 105 Å². The maximum Gasteiger partial charge on any atom is 0.243 e. The highest BCUT2D eigenvalue weighted by molar-refractivity contribution is 9.10. The first kappa shape index (κ1) is 19.4. The molecule has 1 fully saturated rings. The van der Waals surface area contributed by atoms with Crippen LogP contribution in [0.3, 0.4) is 0 Å². The van der Waals surface area contributed by atoms with E-state index in [1.807, 2.05) is 19.1 Å². The summed E-state index contributed by atoms with van der Waals surface area (Å²) in [6, 6.07) is 5.12. The molecule has 25 heavy (non-hydrogen) atoms. The van der Waals surface area contributed by atoms with Gasteiger partial charge in [-0.15, -0.1) is 0 Å². The molecule has 8 heteroatoms. The summed E-state index contributed by atoms with van der Waals surface area (Å²) < 4.78 is 0.932. The summed E-state index contributed by atoms with van der Waals surface area (Å²) in [5, 5.41) is 5.35. The molecule has 0 radical (unpaired) electrons. The Labute approximate surface area is 155 Å². The molecular formula is C17H23BrN4O3. The summed E-state index contributed by atoms with van der Waals surface area (Å²) in [7, 11) is 0.